The van der Waals surface area contributed by atoms with E-state index < -0.39 is 46.2 Å². The molecule has 230 valence electrons. The molecule has 0 aliphatic carbocycles. The Morgan fingerprint density at radius 1 is 0.381 bits per heavy atom. The molecule has 0 atom stereocenters. The summed E-state index contributed by atoms with van der Waals surface area (Å²) in [6, 6.07) is 12.9. The van der Waals surface area contributed by atoms with Gasteiger partial charge in [-0.2, -0.15) is 0 Å². The second-order valence-corrected chi connectivity index (χ2v) is 9.04. The van der Waals surface area contributed by atoms with Crippen LogP contribution in [0.2, 0.25) is 0 Å². The van der Waals surface area contributed by atoms with Crippen LogP contribution in [0.25, 0.3) is 22.3 Å². The molecular formula is C32H32Cu2O8. The van der Waals surface area contributed by atoms with Crippen molar-refractivity contribution in [1.82, 2.24) is 0 Å². The summed E-state index contributed by atoms with van der Waals surface area (Å²) in [5, 5.41) is 46.7. The molecule has 0 saturated heterocycles. The monoisotopic (exact) mass is 670 g/mol. The number of rotatable bonds is 8. The number of hydrogen-bond donors (Lipinski definition) is 0. The van der Waals surface area contributed by atoms with Gasteiger partial charge in [-0.05, 0) is 49.9 Å². The van der Waals surface area contributed by atoms with Gasteiger partial charge in [-0.3, -0.25) is 19.2 Å². The first-order valence-electron chi connectivity index (χ1n) is 12.3. The summed E-state index contributed by atoms with van der Waals surface area (Å²) in [4.78, 5) is 46.7. The van der Waals surface area contributed by atoms with Crippen LogP contribution in [-0.2, 0) is 53.3 Å². The fraction of sp³-hybridized carbons (Fsp3) is 0.250. The third-order valence-corrected chi connectivity index (χ3v) is 5.75. The summed E-state index contributed by atoms with van der Waals surface area (Å²) < 4.78 is 0. The minimum atomic E-state index is -0.392. The molecule has 0 fully saturated rings. The average Bonchev–Trinajstić information content (AvgIpc) is 2.80. The van der Waals surface area contributed by atoms with Gasteiger partial charge in [0.15, 0.2) is 23.1 Å². The van der Waals surface area contributed by atoms with E-state index in [4.69, 9.17) is 0 Å². The Kier molecular flexibility index (Phi) is 17.3. The van der Waals surface area contributed by atoms with Crippen molar-refractivity contribution in [2.75, 3.05) is 0 Å². The maximum atomic E-state index is 11.7. The SMILES string of the molecule is CC(=O)/C(=C(/C)[O-])c1ccccc1/C(C(C)=O)=C(\C)[O-].CC(=O)/C(=C(/C)[O-])c1ccccc1/C(C(C)=O)=C(\C)[O-].[Cu+2].[Cu+2]. The van der Waals surface area contributed by atoms with Gasteiger partial charge >= 0.3 is 34.1 Å². The van der Waals surface area contributed by atoms with Crippen molar-refractivity contribution in [3.05, 3.63) is 93.8 Å². The van der Waals surface area contributed by atoms with Gasteiger partial charge in [-0.1, -0.05) is 76.2 Å². The molecule has 2 aromatic carbocycles. The molecule has 2 aromatic rings. The van der Waals surface area contributed by atoms with Crippen molar-refractivity contribution in [3.8, 4) is 0 Å². The van der Waals surface area contributed by atoms with Crippen LogP contribution in [0.3, 0.4) is 0 Å². The number of carbonyl (C=O) groups is 4. The van der Waals surface area contributed by atoms with Crippen LogP contribution in [0.1, 0.15) is 77.6 Å². The van der Waals surface area contributed by atoms with E-state index in [0.29, 0.717) is 22.3 Å². The van der Waals surface area contributed by atoms with Crippen LogP contribution < -0.4 is 20.4 Å². The molecule has 0 N–H and O–H groups in total. The molecule has 0 saturated carbocycles. The Morgan fingerprint density at radius 3 is 0.619 bits per heavy atom. The fourth-order valence-corrected chi connectivity index (χ4v) is 4.35. The molecule has 10 heteroatoms. The first-order chi connectivity index (χ1) is 18.5. The van der Waals surface area contributed by atoms with Crippen LogP contribution in [-0.4, -0.2) is 23.1 Å². The number of benzene rings is 2. The van der Waals surface area contributed by atoms with Crippen LogP contribution >= 0.6 is 0 Å². The molecular weight excluding hydrogens is 639 g/mol. The van der Waals surface area contributed by atoms with Crippen molar-refractivity contribution in [3.63, 3.8) is 0 Å². The molecule has 2 radical (unpaired) electrons. The maximum absolute atomic E-state index is 11.7. The van der Waals surface area contributed by atoms with E-state index in [2.05, 4.69) is 0 Å². The second kappa shape index (κ2) is 18.0. The molecule has 0 aliphatic rings. The van der Waals surface area contributed by atoms with Gasteiger partial charge < -0.3 is 20.4 Å². The first-order valence-corrected chi connectivity index (χ1v) is 12.3. The van der Waals surface area contributed by atoms with Crippen molar-refractivity contribution < 1.29 is 73.7 Å². The van der Waals surface area contributed by atoms with Gasteiger partial charge in [-0.15, -0.1) is 23.0 Å². The van der Waals surface area contributed by atoms with Gasteiger partial charge in [0, 0.05) is 22.3 Å². The van der Waals surface area contributed by atoms with Gasteiger partial charge in [0.05, 0.1) is 0 Å². The Labute approximate surface area is 267 Å². The number of hydrogen-bond acceptors (Lipinski definition) is 8. The Balaban J connectivity index is 0. The Hall–Kier alpha value is -3.68. The van der Waals surface area contributed by atoms with E-state index in [-0.39, 0.29) is 56.4 Å². The molecule has 0 aliphatic heterocycles. The number of Topliss-reactive ketones (excluding diaryl/α,β-unsaturated/α-hetero) is 4. The first kappa shape index (κ1) is 40.5. The molecule has 0 spiro atoms. The molecule has 0 aromatic heterocycles. The van der Waals surface area contributed by atoms with E-state index in [1.165, 1.54) is 55.4 Å². The van der Waals surface area contributed by atoms with Crippen LogP contribution in [0.15, 0.2) is 71.6 Å². The van der Waals surface area contributed by atoms with Crippen molar-refractivity contribution in [2.24, 2.45) is 0 Å². The average molecular weight is 672 g/mol. The summed E-state index contributed by atoms with van der Waals surface area (Å²) in [6.45, 7) is 10.3. The molecule has 0 unspecified atom stereocenters. The quantitative estimate of drug-likeness (QED) is 0.234. The number of ketones is 4. The molecule has 0 bridgehead atoms. The molecule has 0 amide bonds. The van der Waals surface area contributed by atoms with E-state index in [1.807, 2.05) is 0 Å². The second-order valence-electron chi connectivity index (χ2n) is 9.04. The minimum Gasteiger partial charge on any atom is -0.875 e. The summed E-state index contributed by atoms with van der Waals surface area (Å²) in [5.74, 6) is -3.14. The van der Waals surface area contributed by atoms with E-state index >= 15 is 0 Å². The van der Waals surface area contributed by atoms with E-state index in [9.17, 15) is 39.6 Å². The topological polar surface area (TPSA) is 161 Å². The Morgan fingerprint density at radius 2 is 0.524 bits per heavy atom. The van der Waals surface area contributed by atoms with E-state index in [0.717, 1.165) is 0 Å². The standard InChI is InChI=1S/2C16H18O4.2Cu/c2*1-9(17)15(10(2)18)13-7-5-6-8-14(13)16(11(3)19)12(4)20;;/h2*5-8,17,19H,1-4H3;;/q;;2*+2/p-4/b2*15-9+,16-11+;;. The summed E-state index contributed by atoms with van der Waals surface area (Å²) >= 11 is 0. The van der Waals surface area contributed by atoms with Crippen LogP contribution in [0, 0.1) is 0 Å². The number of allylic oxidation sites excluding steroid dienone is 8. The summed E-state index contributed by atoms with van der Waals surface area (Å²) in [7, 11) is 0. The molecule has 42 heavy (non-hydrogen) atoms. The Bertz CT molecular complexity index is 1240. The van der Waals surface area contributed by atoms with Crippen molar-refractivity contribution in [2.45, 2.75) is 55.4 Å². The zero-order chi connectivity index (χ0) is 30.9. The maximum Gasteiger partial charge on any atom is 2.00 e. The summed E-state index contributed by atoms with van der Waals surface area (Å²) in [5.41, 5.74) is 1.31. The minimum absolute atomic E-state index is 0. The van der Waals surface area contributed by atoms with Gasteiger partial charge in [0.1, 0.15) is 0 Å². The van der Waals surface area contributed by atoms with Gasteiger partial charge in [0.25, 0.3) is 0 Å². The third-order valence-electron chi connectivity index (χ3n) is 5.75. The summed E-state index contributed by atoms with van der Waals surface area (Å²) in [6.07, 6.45) is 0. The number of carbonyl (C=O) groups excluding carboxylic acids is 4. The fourth-order valence-electron chi connectivity index (χ4n) is 4.35. The van der Waals surface area contributed by atoms with Crippen LogP contribution in [0.5, 0.6) is 0 Å². The normalized spacial score (nSPS) is 12.8. The molecule has 8 nitrogen and oxygen atoms in total. The third kappa shape index (κ3) is 10.3. The van der Waals surface area contributed by atoms with Gasteiger partial charge in [-0.25, -0.2) is 0 Å². The largest absolute Gasteiger partial charge is 2.00 e. The zero-order valence-corrected chi connectivity index (χ0v) is 26.4. The van der Waals surface area contributed by atoms with E-state index in [1.54, 1.807) is 48.5 Å². The predicted molar refractivity (Wildman–Crippen MR) is 146 cm³/mol. The van der Waals surface area contributed by atoms with Crippen molar-refractivity contribution in [1.29, 1.82) is 0 Å². The predicted octanol–water partition coefficient (Wildman–Crippen LogP) is 2.09. The van der Waals surface area contributed by atoms with Crippen molar-refractivity contribution >= 4 is 45.4 Å². The molecule has 0 heterocycles. The van der Waals surface area contributed by atoms with Crippen LogP contribution in [0.4, 0.5) is 0 Å². The zero-order valence-electron chi connectivity index (χ0n) is 24.5. The molecule has 2 rings (SSSR count). The van der Waals surface area contributed by atoms with Gasteiger partial charge in [0.2, 0.25) is 0 Å². The smallest absolute Gasteiger partial charge is 0.875 e.